The van der Waals surface area contributed by atoms with Gasteiger partial charge in [-0.15, -0.1) is 5.10 Å². The number of nitro groups is 1. The Morgan fingerprint density at radius 2 is 2.11 bits per heavy atom. The third-order valence-corrected chi connectivity index (χ3v) is 4.40. The number of tetrazole rings is 1. The van der Waals surface area contributed by atoms with Crippen LogP contribution in [0.25, 0.3) is 11.4 Å². The molecule has 1 saturated carbocycles. The number of hydrogen-bond acceptors (Lipinski definition) is 7. The summed E-state index contributed by atoms with van der Waals surface area (Å²) < 4.78 is 6.74. The Hall–Kier alpha value is -3.82. The molecule has 1 aliphatic rings. The summed E-state index contributed by atoms with van der Waals surface area (Å²) in [6.45, 7) is 0. The van der Waals surface area contributed by atoms with Crippen molar-refractivity contribution in [3.63, 3.8) is 0 Å². The molecule has 28 heavy (non-hydrogen) atoms. The zero-order valence-electron chi connectivity index (χ0n) is 14.9. The van der Waals surface area contributed by atoms with E-state index in [1.54, 1.807) is 22.9 Å². The Morgan fingerprint density at radius 3 is 2.82 bits per heavy atom. The first-order valence-electron chi connectivity index (χ1n) is 8.59. The maximum atomic E-state index is 12.6. The van der Waals surface area contributed by atoms with E-state index in [-0.39, 0.29) is 17.0 Å². The van der Waals surface area contributed by atoms with Crippen molar-refractivity contribution in [2.24, 2.45) is 0 Å². The van der Waals surface area contributed by atoms with Gasteiger partial charge >= 0.3 is 5.69 Å². The second kappa shape index (κ2) is 7.06. The standard InChI is InChI=1S/C18H16N6O4/c1-28-16-8-5-12(10-15(16)24(26)27)18(25)19-13-4-2-3-11(9-13)17-20-21-22-23(17)14-6-7-14/h2-5,8-10,14H,6-7H2,1H3,(H,19,25). The summed E-state index contributed by atoms with van der Waals surface area (Å²) in [5.41, 5.74) is 1.19. The molecule has 0 bridgehead atoms. The van der Waals surface area contributed by atoms with Crippen LogP contribution in [0, 0.1) is 10.1 Å². The zero-order chi connectivity index (χ0) is 19.7. The van der Waals surface area contributed by atoms with Gasteiger partial charge in [0, 0.05) is 22.9 Å². The molecule has 0 spiro atoms. The van der Waals surface area contributed by atoms with Gasteiger partial charge in [0.15, 0.2) is 11.6 Å². The molecule has 0 unspecified atom stereocenters. The second-order valence-electron chi connectivity index (χ2n) is 6.36. The molecule has 4 rings (SSSR count). The highest BCUT2D eigenvalue weighted by molar-refractivity contribution is 6.05. The van der Waals surface area contributed by atoms with Gasteiger partial charge < -0.3 is 10.1 Å². The number of nitro benzene ring substituents is 1. The molecule has 10 heteroatoms. The molecule has 0 aliphatic heterocycles. The van der Waals surface area contributed by atoms with Gasteiger partial charge in [0.2, 0.25) is 0 Å². The van der Waals surface area contributed by atoms with Crippen molar-refractivity contribution in [1.29, 1.82) is 0 Å². The number of hydrogen-bond donors (Lipinski definition) is 1. The first kappa shape index (κ1) is 17.6. The van der Waals surface area contributed by atoms with Crippen molar-refractivity contribution < 1.29 is 14.5 Å². The quantitative estimate of drug-likeness (QED) is 0.515. The van der Waals surface area contributed by atoms with Crippen LogP contribution in [0.5, 0.6) is 5.75 Å². The highest BCUT2D eigenvalue weighted by atomic mass is 16.6. The fraction of sp³-hybridized carbons (Fsp3) is 0.222. The third-order valence-electron chi connectivity index (χ3n) is 4.40. The van der Waals surface area contributed by atoms with Crippen LogP contribution in [0.1, 0.15) is 29.2 Å². The minimum absolute atomic E-state index is 0.0930. The van der Waals surface area contributed by atoms with E-state index in [4.69, 9.17) is 4.74 Å². The van der Waals surface area contributed by atoms with Crippen molar-refractivity contribution >= 4 is 17.3 Å². The van der Waals surface area contributed by atoms with Crippen LogP contribution in [0.3, 0.4) is 0 Å². The number of methoxy groups -OCH3 is 1. The number of carbonyl (C=O) groups excluding carboxylic acids is 1. The van der Waals surface area contributed by atoms with Gasteiger partial charge in [0.1, 0.15) is 0 Å². The number of ether oxygens (including phenoxy) is 1. The maximum absolute atomic E-state index is 12.6. The molecule has 2 aromatic carbocycles. The fourth-order valence-electron chi connectivity index (χ4n) is 2.86. The second-order valence-corrected chi connectivity index (χ2v) is 6.36. The largest absolute Gasteiger partial charge is 0.490 e. The van der Waals surface area contributed by atoms with Crippen LogP contribution in [0.4, 0.5) is 11.4 Å². The molecule has 1 N–H and O–H groups in total. The fourth-order valence-corrected chi connectivity index (χ4v) is 2.86. The lowest BCUT2D eigenvalue weighted by Gasteiger charge is -2.09. The lowest BCUT2D eigenvalue weighted by atomic mass is 10.1. The van der Waals surface area contributed by atoms with Gasteiger partial charge in [-0.1, -0.05) is 12.1 Å². The summed E-state index contributed by atoms with van der Waals surface area (Å²) in [6, 6.07) is 11.5. The Balaban J connectivity index is 1.58. The molecular formula is C18H16N6O4. The van der Waals surface area contributed by atoms with Crippen LogP contribution >= 0.6 is 0 Å². The van der Waals surface area contributed by atoms with Gasteiger partial charge in [-0.3, -0.25) is 14.9 Å². The zero-order valence-corrected chi connectivity index (χ0v) is 14.9. The number of aromatic nitrogens is 4. The molecule has 1 amide bonds. The molecule has 3 aromatic rings. The first-order chi connectivity index (χ1) is 13.6. The molecule has 1 aliphatic carbocycles. The number of nitrogens with one attached hydrogen (secondary N) is 1. The number of rotatable bonds is 6. The van der Waals surface area contributed by atoms with E-state index in [0.717, 1.165) is 18.4 Å². The van der Waals surface area contributed by atoms with E-state index in [2.05, 4.69) is 20.8 Å². The molecule has 10 nitrogen and oxygen atoms in total. The topological polar surface area (TPSA) is 125 Å². The Morgan fingerprint density at radius 1 is 1.29 bits per heavy atom. The summed E-state index contributed by atoms with van der Waals surface area (Å²) in [7, 11) is 1.34. The van der Waals surface area contributed by atoms with Gasteiger partial charge in [0.25, 0.3) is 5.91 Å². The van der Waals surface area contributed by atoms with Crippen molar-refractivity contribution in [2.45, 2.75) is 18.9 Å². The highest BCUT2D eigenvalue weighted by Gasteiger charge is 2.28. The summed E-state index contributed by atoms with van der Waals surface area (Å²) in [5.74, 6) is 0.263. The molecule has 0 saturated heterocycles. The number of amides is 1. The summed E-state index contributed by atoms with van der Waals surface area (Å²) in [6.07, 6.45) is 2.09. The van der Waals surface area contributed by atoms with Gasteiger partial charge in [-0.05, 0) is 47.5 Å². The van der Waals surface area contributed by atoms with Gasteiger partial charge in [-0.2, -0.15) is 0 Å². The van der Waals surface area contributed by atoms with E-state index >= 15 is 0 Å². The molecule has 142 valence electrons. The molecule has 0 radical (unpaired) electrons. The molecule has 1 heterocycles. The lowest BCUT2D eigenvalue weighted by Crippen LogP contribution is -2.12. The van der Waals surface area contributed by atoms with E-state index in [0.29, 0.717) is 17.6 Å². The third kappa shape index (κ3) is 3.39. The van der Waals surface area contributed by atoms with E-state index < -0.39 is 10.8 Å². The average molecular weight is 380 g/mol. The van der Waals surface area contributed by atoms with Gasteiger partial charge in [0.05, 0.1) is 18.1 Å². The minimum Gasteiger partial charge on any atom is -0.490 e. The first-order valence-corrected chi connectivity index (χ1v) is 8.59. The predicted molar refractivity (Wildman–Crippen MR) is 99.1 cm³/mol. The number of benzene rings is 2. The smallest absolute Gasteiger partial charge is 0.311 e. The number of anilines is 1. The van der Waals surface area contributed by atoms with Crippen LogP contribution in [0.2, 0.25) is 0 Å². The maximum Gasteiger partial charge on any atom is 0.311 e. The van der Waals surface area contributed by atoms with Crippen LogP contribution < -0.4 is 10.1 Å². The number of nitrogens with zero attached hydrogens (tertiary/aromatic N) is 5. The highest BCUT2D eigenvalue weighted by Crippen LogP contribution is 2.37. The monoisotopic (exact) mass is 380 g/mol. The Kier molecular flexibility index (Phi) is 4.44. The van der Waals surface area contributed by atoms with E-state index in [1.165, 1.54) is 25.3 Å². The molecular weight excluding hydrogens is 364 g/mol. The molecule has 1 fully saturated rings. The van der Waals surface area contributed by atoms with Crippen LogP contribution in [-0.4, -0.2) is 38.1 Å². The van der Waals surface area contributed by atoms with Gasteiger partial charge in [-0.25, -0.2) is 4.68 Å². The van der Waals surface area contributed by atoms with Crippen molar-refractivity contribution in [1.82, 2.24) is 20.2 Å². The predicted octanol–water partition coefficient (Wildman–Crippen LogP) is 2.84. The van der Waals surface area contributed by atoms with Crippen molar-refractivity contribution in [3.8, 4) is 17.1 Å². The summed E-state index contributed by atoms with van der Waals surface area (Å²) in [5, 5.41) is 25.7. The average Bonchev–Trinajstić information content (AvgIpc) is 3.43. The van der Waals surface area contributed by atoms with Crippen LogP contribution in [-0.2, 0) is 0 Å². The molecule has 0 atom stereocenters. The normalized spacial score (nSPS) is 13.2. The van der Waals surface area contributed by atoms with Crippen molar-refractivity contribution in [2.75, 3.05) is 12.4 Å². The SMILES string of the molecule is COc1ccc(C(=O)Nc2cccc(-c3nnnn3C3CC3)c2)cc1[N+](=O)[O-]. The van der Waals surface area contributed by atoms with E-state index in [1.807, 2.05) is 6.07 Å². The Bertz CT molecular complexity index is 1060. The lowest BCUT2D eigenvalue weighted by molar-refractivity contribution is -0.385. The minimum atomic E-state index is -0.589. The Labute approximate surface area is 159 Å². The van der Waals surface area contributed by atoms with Crippen molar-refractivity contribution in [3.05, 3.63) is 58.1 Å². The van der Waals surface area contributed by atoms with Crippen LogP contribution in [0.15, 0.2) is 42.5 Å². The number of carbonyl (C=O) groups is 1. The summed E-state index contributed by atoms with van der Waals surface area (Å²) >= 11 is 0. The summed E-state index contributed by atoms with van der Waals surface area (Å²) in [4.78, 5) is 23.1. The molecule has 1 aromatic heterocycles. The van der Waals surface area contributed by atoms with E-state index in [9.17, 15) is 14.9 Å².